The quantitative estimate of drug-likeness (QED) is 0.661. The molecule has 1 aliphatic rings. The van der Waals surface area contributed by atoms with Crippen molar-refractivity contribution >= 4 is 5.91 Å². The molecular weight excluding hydrogens is 156 g/mol. The average Bonchev–Trinajstić information content (AvgIpc) is 2.74. The molecule has 1 saturated carbocycles. The Bertz CT molecular complexity index is 265. The van der Waals surface area contributed by atoms with Gasteiger partial charge >= 0.3 is 0 Å². The zero-order valence-electron chi connectivity index (χ0n) is 6.58. The molecule has 0 aromatic carbocycles. The van der Waals surface area contributed by atoms with Crippen molar-refractivity contribution in [1.82, 2.24) is 20.7 Å². The number of aromatic nitrogens is 3. The topological polar surface area (TPSA) is 70.7 Å². The van der Waals surface area contributed by atoms with Gasteiger partial charge in [-0.25, -0.2) is 0 Å². The van der Waals surface area contributed by atoms with Crippen molar-refractivity contribution < 1.29 is 4.79 Å². The van der Waals surface area contributed by atoms with Gasteiger partial charge in [0, 0.05) is 6.54 Å². The molecule has 64 valence electrons. The minimum Gasteiger partial charge on any atom is -0.350 e. The Balaban J connectivity index is 1.83. The molecule has 5 heteroatoms. The maximum atomic E-state index is 11.2. The summed E-state index contributed by atoms with van der Waals surface area (Å²) in [6, 6.07) is 0. The predicted molar refractivity (Wildman–Crippen MR) is 41.4 cm³/mol. The van der Waals surface area contributed by atoms with Crippen LogP contribution in [0.3, 0.4) is 0 Å². The van der Waals surface area contributed by atoms with Gasteiger partial charge in [0.2, 0.25) is 0 Å². The van der Waals surface area contributed by atoms with Gasteiger partial charge in [0.05, 0.1) is 6.20 Å². The van der Waals surface area contributed by atoms with Crippen LogP contribution in [0.5, 0.6) is 0 Å². The number of nitrogens with one attached hydrogen (secondary N) is 2. The molecule has 1 aromatic rings. The van der Waals surface area contributed by atoms with Crippen LogP contribution in [-0.4, -0.2) is 27.9 Å². The Morgan fingerprint density at radius 2 is 2.58 bits per heavy atom. The minimum atomic E-state index is -0.143. The molecule has 1 aromatic heterocycles. The maximum Gasteiger partial charge on any atom is 0.273 e. The number of amides is 1. The van der Waals surface area contributed by atoms with Crippen molar-refractivity contribution in [1.29, 1.82) is 0 Å². The van der Waals surface area contributed by atoms with E-state index in [0.29, 0.717) is 11.6 Å². The summed E-state index contributed by atoms with van der Waals surface area (Å²) in [6.45, 7) is 0.770. The molecule has 0 atom stereocenters. The zero-order chi connectivity index (χ0) is 8.39. The largest absolute Gasteiger partial charge is 0.350 e. The van der Waals surface area contributed by atoms with Crippen LogP contribution in [0.25, 0.3) is 0 Å². The highest BCUT2D eigenvalue weighted by Gasteiger charge is 2.22. The van der Waals surface area contributed by atoms with Crippen molar-refractivity contribution in [2.45, 2.75) is 12.8 Å². The smallest absolute Gasteiger partial charge is 0.273 e. The highest BCUT2D eigenvalue weighted by atomic mass is 16.1. The summed E-state index contributed by atoms with van der Waals surface area (Å²) in [4.78, 5) is 11.2. The van der Waals surface area contributed by atoms with Gasteiger partial charge in [0.25, 0.3) is 5.91 Å². The van der Waals surface area contributed by atoms with Crippen LogP contribution in [0.4, 0.5) is 0 Å². The summed E-state index contributed by atoms with van der Waals surface area (Å²) in [7, 11) is 0. The Morgan fingerprint density at radius 3 is 3.17 bits per heavy atom. The van der Waals surface area contributed by atoms with E-state index in [1.165, 1.54) is 19.0 Å². The third-order valence-electron chi connectivity index (χ3n) is 1.90. The standard InChI is InChI=1S/C7H10N4O/c12-7(6-4-9-11-10-6)8-3-5-1-2-5/h4-5H,1-3H2,(H,8,12)(H,9,10,11). The first-order valence-electron chi connectivity index (χ1n) is 4.01. The van der Waals surface area contributed by atoms with E-state index in [4.69, 9.17) is 0 Å². The van der Waals surface area contributed by atoms with Gasteiger partial charge in [0.1, 0.15) is 0 Å². The maximum absolute atomic E-state index is 11.2. The number of carbonyl (C=O) groups excluding carboxylic acids is 1. The summed E-state index contributed by atoms with van der Waals surface area (Å²) in [5.74, 6) is 0.552. The molecule has 1 fully saturated rings. The van der Waals surface area contributed by atoms with Gasteiger partial charge in [0.15, 0.2) is 5.69 Å². The minimum absolute atomic E-state index is 0.143. The third-order valence-corrected chi connectivity index (χ3v) is 1.90. The molecule has 0 saturated heterocycles. The molecule has 2 N–H and O–H groups in total. The highest BCUT2D eigenvalue weighted by molar-refractivity contribution is 5.91. The summed E-state index contributed by atoms with van der Waals surface area (Å²) >= 11 is 0. The van der Waals surface area contributed by atoms with E-state index in [2.05, 4.69) is 20.7 Å². The Morgan fingerprint density at radius 1 is 1.75 bits per heavy atom. The Labute approximate surface area is 69.5 Å². The van der Waals surface area contributed by atoms with E-state index in [1.54, 1.807) is 0 Å². The van der Waals surface area contributed by atoms with Gasteiger partial charge in [-0.05, 0) is 18.8 Å². The first-order chi connectivity index (χ1) is 5.86. The van der Waals surface area contributed by atoms with Crippen LogP contribution in [0.15, 0.2) is 6.20 Å². The second kappa shape index (κ2) is 2.92. The van der Waals surface area contributed by atoms with Crippen molar-refractivity contribution in [2.75, 3.05) is 6.54 Å². The van der Waals surface area contributed by atoms with Crippen molar-refractivity contribution in [3.8, 4) is 0 Å². The fourth-order valence-electron chi connectivity index (χ4n) is 0.962. The van der Waals surface area contributed by atoms with Crippen LogP contribution >= 0.6 is 0 Å². The van der Waals surface area contributed by atoms with Crippen LogP contribution in [-0.2, 0) is 0 Å². The van der Waals surface area contributed by atoms with Crippen LogP contribution in [0.1, 0.15) is 23.3 Å². The first kappa shape index (κ1) is 7.27. The second-order valence-electron chi connectivity index (χ2n) is 3.01. The van der Waals surface area contributed by atoms with Gasteiger partial charge < -0.3 is 5.32 Å². The van der Waals surface area contributed by atoms with E-state index in [-0.39, 0.29) is 5.91 Å². The van der Waals surface area contributed by atoms with Crippen LogP contribution in [0, 0.1) is 5.92 Å². The molecule has 1 aliphatic carbocycles. The number of hydrogen-bond acceptors (Lipinski definition) is 3. The average molecular weight is 166 g/mol. The SMILES string of the molecule is O=C(NCC1CC1)c1c[nH]nn1. The monoisotopic (exact) mass is 166 g/mol. The van der Waals surface area contributed by atoms with Gasteiger partial charge in [-0.15, -0.1) is 5.10 Å². The lowest BCUT2D eigenvalue weighted by atomic mass is 10.4. The van der Waals surface area contributed by atoms with Crippen molar-refractivity contribution in [2.24, 2.45) is 5.92 Å². The van der Waals surface area contributed by atoms with Gasteiger partial charge in [-0.2, -0.15) is 0 Å². The normalized spacial score (nSPS) is 16.0. The molecule has 0 aliphatic heterocycles. The summed E-state index contributed by atoms with van der Waals surface area (Å²) in [5.41, 5.74) is 0.357. The van der Waals surface area contributed by atoms with E-state index in [9.17, 15) is 4.79 Å². The fourth-order valence-corrected chi connectivity index (χ4v) is 0.962. The number of aromatic amines is 1. The highest BCUT2D eigenvalue weighted by Crippen LogP contribution is 2.27. The Hall–Kier alpha value is -1.39. The summed E-state index contributed by atoms with van der Waals surface area (Å²) in [6.07, 6.45) is 3.96. The lowest BCUT2D eigenvalue weighted by Gasteiger charge is -1.98. The molecule has 0 spiro atoms. The number of rotatable bonds is 3. The molecule has 12 heavy (non-hydrogen) atoms. The molecule has 0 bridgehead atoms. The Kier molecular flexibility index (Phi) is 1.77. The number of nitrogens with zero attached hydrogens (tertiary/aromatic N) is 2. The molecule has 0 radical (unpaired) electrons. The molecule has 2 rings (SSSR count). The van der Waals surface area contributed by atoms with E-state index in [1.807, 2.05) is 0 Å². The first-order valence-corrected chi connectivity index (χ1v) is 4.01. The molecule has 1 amide bonds. The van der Waals surface area contributed by atoms with Crippen LogP contribution < -0.4 is 5.32 Å². The zero-order valence-corrected chi connectivity index (χ0v) is 6.58. The lowest BCUT2D eigenvalue weighted by Crippen LogP contribution is -2.25. The fraction of sp³-hybridized carbons (Fsp3) is 0.571. The van der Waals surface area contributed by atoms with Crippen molar-refractivity contribution in [3.05, 3.63) is 11.9 Å². The lowest BCUT2D eigenvalue weighted by molar-refractivity contribution is 0.0947. The van der Waals surface area contributed by atoms with E-state index in [0.717, 1.165) is 6.54 Å². The summed E-state index contributed by atoms with van der Waals surface area (Å²) in [5, 5.41) is 12.3. The summed E-state index contributed by atoms with van der Waals surface area (Å²) < 4.78 is 0. The molecule has 5 nitrogen and oxygen atoms in total. The molecule has 0 unspecified atom stereocenters. The second-order valence-corrected chi connectivity index (χ2v) is 3.01. The van der Waals surface area contributed by atoms with Crippen LogP contribution in [0.2, 0.25) is 0 Å². The number of H-pyrrole nitrogens is 1. The molecular formula is C7H10N4O. The van der Waals surface area contributed by atoms with Crippen molar-refractivity contribution in [3.63, 3.8) is 0 Å². The van der Waals surface area contributed by atoms with Gasteiger partial charge in [-0.3, -0.25) is 9.89 Å². The van der Waals surface area contributed by atoms with E-state index < -0.39 is 0 Å². The van der Waals surface area contributed by atoms with Gasteiger partial charge in [-0.1, -0.05) is 5.21 Å². The predicted octanol–water partition coefficient (Wildman–Crippen LogP) is -0.0555. The number of carbonyl (C=O) groups is 1. The van der Waals surface area contributed by atoms with E-state index >= 15 is 0 Å². The molecule has 1 heterocycles. The third kappa shape index (κ3) is 1.61. The number of hydrogen-bond donors (Lipinski definition) is 2.